The van der Waals surface area contributed by atoms with E-state index in [0.717, 1.165) is 50.4 Å². The smallest absolute Gasteiger partial charge is 0.0899 e. The minimum Gasteiger partial charge on any atom is -0.309 e. The molecule has 4 heterocycles. The van der Waals surface area contributed by atoms with Crippen molar-refractivity contribution in [3.63, 3.8) is 0 Å². The topological polar surface area (TPSA) is 43.6 Å². The molecule has 4 aromatic heterocycles. The molecule has 0 N–H and O–H groups in total. The van der Waals surface area contributed by atoms with Gasteiger partial charge >= 0.3 is 0 Å². The summed E-state index contributed by atoms with van der Waals surface area (Å²) in [5, 5.41) is 9.91. The summed E-state index contributed by atoms with van der Waals surface area (Å²) in [4.78, 5) is 14.3. The molecule has 47 heavy (non-hydrogen) atoms. The van der Waals surface area contributed by atoms with Crippen LogP contribution in [0.3, 0.4) is 0 Å². The summed E-state index contributed by atoms with van der Waals surface area (Å²) in [5.41, 5.74) is 9.38. The maximum atomic E-state index is 5.24. The predicted octanol–water partition coefficient (Wildman–Crippen LogP) is 10.9. The molecular weight excluding hydrogens is 573 g/mol. The average Bonchev–Trinajstić information content (AvgIpc) is 3.48. The number of benzene rings is 6. The largest absolute Gasteiger partial charge is 0.309 e. The summed E-state index contributed by atoms with van der Waals surface area (Å²) in [6, 6.07) is 49.7. The minimum atomic E-state index is 0.850. The molecule has 218 valence electrons. The van der Waals surface area contributed by atoms with Crippen molar-refractivity contribution in [3.05, 3.63) is 158 Å². The van der Waals surface area contributed by atoms with E-state index in [2.05, 4.69) is 136 Å². The van der Waals surface area contributed by atoms with Gasteiger partial charge in [0.05, 0.1) is 28.1 Å². The molecule has 0 atom stereocenters. The van der Waals surface area contributed by atoms with Crippen LogP contribution in [0.5, 0.6) is 0 Å². The van der Waals surface area contributed by atoms with Crippen molar-refractivity contribution in [2.75, 3.05) is 0 Å². The number of hydrogen-bond donors (Lipinski definition) is 0. The van der Waals surface area contributed by atoms with Gasteiger partial charge in [-0.25, -0.2) is 4.98 Å². The average molecular weight is 599 g/mol. The molecule has 4 heteroatoms. The van der Waals surface area contributed by atoms with E-state index in [1.54, 1.807) is 0 Å². The molecule has 0 amide bonds. The Morgan fingerprint density at radius 2 is 1.19 bits per heavy atom. The maximum Gasteiger partial charge on any atom is 0.0899 e. The van der Waals surface area contributed by atoms with Gasteiger partial charge in [-0.2, -0.15) is 0 Å². The normalized spacial score (nSPS) is 11.8. The van der Waals surface area contributed by atoms with Crippen LogP contribution in [0.25, 0.3) is 93.6 Å². The quantitative estimate of drug-likeness (QED) is 0.189. The maximum absolute atomic E-state index is 5.24. The molecule has 0 saturated heterocycles. The summed E-state index contributed by atoms with van der Waals surface area (Å²) in [7, 11) is 0. The first-order chi connectivity index (χ1) is 23.3. The van der Waals surface area contributed by atoms with E-state index in [0.29, 0.717) is 0 Å². The van der Waals surface area contributed by atoms with Crippen molar-refractivity contribution in [2.45, 2.75) is 0 Å². The zero-order valence-electron chi connectivity index (χ0n) is 25.3. The van der Waals surface area contributed by atoms with Gasteiger partial charge in [-0.05, 0) is 92.0 Å². The Labute approximate surface area is 270 Å². The van der Waals surface area contributed by atoms with Crippen LogP contribution in [0, 0.1) is 0 Å². The zero-order valence-corrected chi connectivity index (χ0v) is 25.3. The molecule has 4 nitrogen and oxygen atoms in total. The SMILES string of the molecule is c1ccc(-c2cc(-c3ccc(-n4c5ccccc5c5cnccc54)cc3)cc(-c3ccc4ccc5cccc6ccc3c4c56)n2)nc1. The van der Waals surface area contributed by atoms with Crippen LogP contribution in [0.4, 0.5) is 0 Å². The predicted molar refractivity (Wildman–Crippen MR) is 194 cm³/mol. The van der Waals surface area contributed by atoms with Gasteiger partial charge in [0.25, 0.3) is 0 Å². The van der Waals surface area contributed by atoms with Gasteiger partial charge in [0.15, 0.2) is 0 Å². The monoisotopic (exact) mass is 598 g/mol. The minimum absolute atomic E-state index is 0.850. The Bertz CT molecular complexity index is 2710. The van der Waals surface area contributed by atoms with Gasteiger partial charge < -0.3 is 4.57 Å². The fraction of sp³-hybridized carbons (Fsp3) is 0. The van der Waals surface area contributed by atoms with Crippen LogP contribution in [0.15, 0.2) is 158 Å². The first kappa shape index (κ1) is 25.9. The highest BCUT2D eigenvalue weighted by Crippen LogP contribution is 2.40. The van der Waals surface area contributed by atoms with E-state index in [1.807, 2.05) is 36.8 Å². The highest BCUT2D eigenvalue weighted by atomic mass is 15.0. The summed E-state index contributed by atoms with van der Waals surface area (Å²) in [5.74, 6) is 0. The first-order valence-electron chi connectivity index (χ1n) is 15.8. The Kier molecular flexibility index (Phi) is 5.54. The zero-order chi connectivity index (χ0) is 30.9. The summed E-state index contributed by atoms with van der Waals surface area (Å²) < 4.78 is 2.32. The van der Waals surface area contributed by atoms with Gasteiger partial charge in [-0.3, -0.25) is 9.97 Å². The molecule has 0 saturated carbocycles. The lowest BCUT2D eigenvalue weighted by Crippen LogP contribution is -1.95. The van der Waals surface area contributed by atoms with E-state index in [9.17, 15) is 0 Å². The molecule has 6 aromatic carbocycles. The number of pyridine rings is 3. The lowest BCUT2D eigenvalue weighted by Gasteiger charge is -2.15. The van der Waals surface area contributed by atoms with Crippen LogP contribution in [-0.4, -0.2) is 19.5 Å². The number of fused-ring (bicyclic) bond motifs is 3. The fourth-order valence-electron chi connectivity index (χ4n) is 7.34. The molecular formula is C43H26N4. The second kappa shape index (κ2) is 10.1. The van der Waals surface area contributed by atoms with Crippen molar-refractivity contribution < 1.29 is 0 Å². The molecule has 0 spiro atoms. The van der Waals surface area contributed by atoms with Crippen molar-refractivity contribution in [1.29, 1.82) is 0 Å². The molecule has 0 unspecified atom stereocenters. The van der Waals surface area contributed by atoms with E-state index < -0.39 is 0 Å². The number of aromatic nitrogens is 4. The second-order valence-electron chi connectivity index (χ2n) is 12.1. The molecule has 0 radical (unpaired) electrons. The molecule has 0 aliphatic heterocycles. The molecule has 0 aliphatic carbocycles. The van der Waals surface area contributed by atoms with Crippen LogP contribution in [0.1, 0.15) is 0 Å². The Balaban J connectivity index is 1.16. The van der Waals surface area contributed by atoms with Crippen LogP contribution < -0.4 is 0 Å². The van der Waals surface area contributed by atoms with Crippen LogP contribution >= 0.6 is 0 Å². The van der Waals surface area contributed by atoms with Gasteiger partial charge in [0.1, 0.15) is 0 Å². The van der Waals surface area contributed by atoms with E-state index in [1.165, 1.54) is 43.2 Å². The first-order valence-corrected chi connectivity index (χ1v) is 15.8. The number of rotatable bonds is 4. The van der Waals surface area contributed by atoms with Gasteiger partial charge in [-0.15, -0.1) is 0 Å². The summed E-state index contributed by atoms with van der Waals surface area (Å²) in [6.07, 6.45) is 5.65. The Hall–Kier alpha value is -6.39. The molecule has 0 aliphatic rings. The van der Waals surface area contributed by atoms with Crippen molar-refractivity contribution in [3.8, 4) is 39.5 Å². The molecule has 0 bridgehead atoms. The third-order valence-electron chi connectivity index (χ3n) is 9.49. The third kappa shape index (κ3) is 3.98. The summed E-state index contributed by atoms with van der Waals surface area (Å²) >= 11 is 0. The van der Waals surface area contributed by atoms with Gasteiger partial charge in [-0.1, -0.05) is 91.0 Å². The van der Waals surface area contributed by atoms with Crippen molar-refractivity contribution in [2.24, 2.45) is 0 Å². The van der Waals surface area contributed by atoms with Crippen molar-refractivity contribution >= 4 is 54.1 Å². The molecule has 0 fully saturated rings. The lowest BCUT2D eigenvalue weighted by molar-refractivity contribution is 1.17. The van der Waals surface area contributed by atoms with E-state index in [4.69, 9.17) is 4.98 Å². The Morgan fingerprint density at radius 1 is 0.447 bits per heavy atom. The highest BCUT2D eigenvalue weighted by Gasteiger charge is 2.16. The molecule has 10 rings (SSSR count). The van der Waals surface area contributed by atoms with E-state index in [-0.39, 0.29) is 0 Å². The highest BCUT2D eigenvalue weighted by molar-refractivity contribution is 6.25. The van der Waals surface area contributed by atoms with Gasteiger partial charge in [0.2, 0.25) is 0 Å². The van der Waals surface area contributed by atoms with Gasteiger partial charge in [0, 0.05) is 40.6 Å². The van der Waals surface area contributed by atoms with Crippen molar-refractivity contribution in [1.82, 2.24) is 19.5 Å². The van der Waals surface area contributed by atoms with E-state index >= 15 is 0 Å². The van der Waals surface area contributed by atoms with Crippen LogP contribution in [-0.2, 0) is 0 Å². The third-order valence-corrected chi connectivity index (χ3v) is 9.49. The number of hydrogen-bond acceptors (Lipinski definition) is 3. The lowest BCUT2D eigenvalue weighted by atomic mass is 9.90. The summed E-state index contributed by atoms with van der Waals surface area (Å²) in [6.45, 7) is 0. The Morgan fingerprint density at radius 3 is 2.04 bits per heavy atom. The number of nitrogens with zero attached hydrogens (tertiary/aromatic N) is 4. The van der Waals surface area contributed by atoms with Crippen LogP contribution in [0.2, 0.25) is 0 Å². The standard InChI is InChI=1S/C43H26N4/c1-2-10-40-34(8-1)36-26-44-23-21-41(36)47(40)32-17-13-27(14-18-32)31-24-38(46-39(25-31)37-9-3-4-22-45-37)33-19-15-30-12-11-28-6-5-7-29-16-20-35(33)43(30)42(28)29/h1-26H. The molecule has 10 aromatic rings. The number of para-hydroxylation sites is 1. The second-order valence-corrected chi connectivity index (χ2v) is 12.1. The fourth-order valence-corrected chi connectivity index (χ4v) is 7.34.